The van der Waals surface area contributed by atoms with Gasteiger partial charge in [0, 0.05) is 29.7 Å². The molecular formula is C20H24N2O. The van der Waals surface area contributed by atoms with Crippen molar-refractivity contribution in [1.29, 1.82) is 0 Å². The lowest BCUT2D eigenvalue weighted by Crippen LogP contribution is -2.34. The lowest BCUT2D eigenvalue weighted by Gasteiger charge is -2.31. The number of aryl methyl sites for hydroxylation is 1. The zero-order valence-corrected chi connectivity index (χ0v) is 13.7. The minimum atomic E-state index is 0.127. The van der Waals surface area contributed by atoms with Gasteiger partial charge in [-0.1, -0.05) is 30.4 Å². The number of morpholine rings is 1. The first-order chi connectivity index (χ1) is 11.3. The third kappa shape index (κ3) is 2.79. The van der Waals surface area contributed by atoms with E-state index >= 15 is 0 Å². The van der Waals surface area contributed by atoms with E-state index in [1.54, 1.807) is 0 Å². The van der Waals surface area contributed by atoms with Crippen molar-refractivity contribution in [2.24, 2.45) is 0 Å². The number of hydrogen-bond donors (Lipinski definition) is 1. The van der Waals surface area contributed by atoms with Crippen molar-refractivity contribution in [3.8, 4) is 0 Å². The summed E-state index contributed by atoms with van der Waals surface area (Å²) in [4.78, 5) is 4.88. The number of para-hydroxylation sites is 1. The third-order valence-corrected chi connectivity index (χ3v) is 5.09. The van der Waals surface area contributed by atoms with Gasteiger partial charge in [-0.3, -0.25) is 4.98 Å². The Kier molecular flexibility index (Phi) is 4.15. The number of pyridine rings is 1. The van der Waals surface area contributed by atoms with E-state index in [0.717, 1.165) is 37.3 Å². The van der Waals surface area contributed by atoms with Crippen LogP contribution in [0.3, 0.4) is 0 Å². The molecule has 1 fully saturated rings. The van der Waals surface area contributed by atoms with Crippen LogP contribution in [0.15, 0.2) is 36.4 Å². The van der Waals surface area contributed by atoms with Crippen LogP contribution < -0.4 is 5.32 Å². The van der Waals surface area contributed by atoms with Crippen LogP contribution in [0, 0.1) is 6.92 Å². The van der Waals surface area contributed by atoms with Crippen molar-refractivity contribution >= 4 is 10.9 Å². The number of ether oxygens (including phenoxy) is 1. The van der Waals surface area contributed by atoms with Gasteiger partial charge in [0.25, 0.3) is 0 Å². The van der Waals surface area contributed by atoms with Crippen molar-refractivity contribution in [1.82, 2.24) is 10.3 Å². The Morgan fingerprint density at radius 2 is 2.09 bits per heavy atom. The number of allylic oxidation sites excluding steroid dienone is 2. The summed E-state index contributed by atoms with van der Waals surface area (Å²) in [6.45, 7) is 4.75. The number of hydrogen-bond acceptors (Lipinski definition) is 3. The Hall–Kier alpha value is -1.71. The number of rotatable bonds is 2. The summed E-state index contributed by atoms with van der Waals surface area (Å²) in [5.74, 6) is 0.576. The van der Waals surface area contributed by atoms with E-state index in [0.29, 0.717) is 5.92 Å². The molecule has 2 atom stereocenters. The fourth-order valence-corrected chi connectivity index (χ4v) is 4.03. The summed E-state index contributed by atoms with van der Waals surface area (Å²) >= 11 is 0. The molecule has 4 rings (SSSR count). The maximum absolute atomic E-state index is 6.10. The molecular weight excluding hydrogens is 284 g/mol. The lowest BCUT2D eigenvalue weighted by atomic mass is 9.81. The van der Waals surface area contributed by atoms with Gasteiger partial charge in [-0.05, 0) is 43.7 Å². The average Bonchev–Trinajstić information content (AvgIpc) is 2.62. The summed E-state index contributed by atoms with van der Waals surface area (Å²) < 4.78 is 6.10. The fraction of sp³-hybridized carbons (Fsp3) is 0.450. The zero-order valence-electron chi connectivity index (χ0n) is 13.7. The van der Waals surface area contributed by atoms with E-state index in [-0.39, 0.29) is 6.10 Å². The topological polar surface area (TPSA) is 34.2 Å². The van der Waals surface area contributed by atoms with Gasteiger partial charge in [0.1, 0.15) is 0 Å². The molecule has 1 saturated heterocycles. The molecule has 1 N–H and O–H groups in total. The van der Waals surface area contributed by atoms with Crippen molar-refractivity contribution in [2.45, 2.75) is 38.2 Å². The zero-order chi connectivity index (χ0) is 15.6. The summed E-state index contributed by atoms with van der Waals surface area (Å²) in [5.41, 5.74) is 5.05. The number of nitrogens with zero attached hydrogens (tertiary/aromatic N) is 1. The van der Waals surface area contributed by atoms with Crippen LogP contribution in [0.2, 0.25) is 0 Å². The molecule has 2 aliphatic rings. The maximum atomic E-state index is 6.10. The van der Waals surface area contributed by atoms with E-state index in [2.05, 4.69) is 48.7 Å². The average molecular weight is 308 g/mol. The summed E-state index contributed by atoms with van der Waals surface area (Å²) in [5, 5.41) is 4.78. The van der Waals surface area contributed by atoms with E-state index in [1.165, 1.54) is 29.4 Å². The van der Waals surface area contributed by atoms with Crippen molar-refractivity contribution in [3.05, 3.63) is 53.2 Å². The van der Waals surface area contributed by atoms with Crippen LogP contribution in [0.5, 0.6) is 0 Å². The number of benzene rings is 1. The minimum absolute atomic E-state index is 0.127. The molecule has 3 heteroatoms. The van der Waals surface area contributed by atoms with Gasteiger partial charge in [0.05, 0.1) is 18.2 Å². The maximum Gasteiger partial charge on any atom is 0.0970 e. The monoisotopic (exact) mass is 308 g/mol. The number of nitrogens with one attached hydrogen (secondary N) is 1. The number of aromatic nitrogens is 1. The molecule has 0 radical (unpaired) electrons. The van der Waals surface area contributed by atoms with Gasteiger partial charge in [-0.15, -0.1) is 0 Å². The molecule has 0 amide bonds. The third-order valence-electron chi connectivity index (χ3n) is 5.09. The second-order valence-electron chi connectivity index (χ2n) is 6.59. The molecule has 0 saturated carbocycles. The van der Waals surface area contributed by atoms with Gasteiger partial charge in [0.15, 0.2) is 0 Å². The largest absolute Gasteiger partial charge is 0.371 e. The van der Waals surface area contributed by atoms with Crippen LogP contribution >= 0.6 is 0 Å². The first-order valence-electron chi connectivity index (χ1n) is 8.71. The molecule has 120 valence electrons. The van der Waals surface area contributed by atoms with Gasteiger partial charge in [-0.2, -0.15) is 0 Å². The molecule has 0 bridgehead atoms. The molecule has 1 aliphatic heterocycles. The molecule has 2 aromatic rings. The molecule has 2 heterocycles. The highest BCUT2D eigenvalue weighted by molar-refractivity contribution is 5.84. The minimum Gasteiger partial charge on any atom is -0.371 e. The highest BCUT2D eigenvalue weighted by atomic mass is 16.5. The fourth-order valence-electron chi connectivity index (χ4n) is 4.03. The Morgan fingerprint density at radius 1 is 1.17 bits per heavy atom. The molecule has 0 spiro atoms. The van der Waals surface area contributed by atoms with E-state index < -0.39 is 0 Å². The van der Waals surface area contributed by atoms with Crippen LogP contribution in [-0.4, -0.2) is 24.7 Å². The molecule has 23 heavy (non-hydrogen) atoms. The molecule has 3 nitrogen and oxygen atoms in total. The quantitative estimate of drug-likeness (QED) is 0.851. The first-order valence-corrected chi connectivity index (χ1v) is 8.71. The Bertz CT molecular complexity index is 732. The van der Waals surface area contributed by atoms with Crippen LogP contribution in [0.4, 0.5) is 0 Å². The molecule has 1 aromatic carbocycles. The van der Waals surface area contributed by atoms with Crippen LogP contribution in [0.1, 0.15) is 48.1 Å². The smallest absolute Gasteiger partial charge is 0.0970 e. The van der Waals surface area contributed by atoms with Gasteiger partial charge < -0.3 is 10.1 Å². The van der Waals surface area contributed by atoms with Crippen molar-refractivity contribution in [2.75, 3.05) is 19.7 Å². The molecule has 2 unspecified atom stereocenters. The van der Waals surface area contributed by atoms with Gasteiger partial charge in [0.2, 0.25) is 0 Å². The second kappa shape index (κ2) is 6.42. The molecule has 1 aromatic heterocycles. The number of fused-ring (bicyclic) bond motifs is 1. The normalized spacial score (nSPS) is 24.9. The van der Waals surface area contributed by atoms with E-state index in [9.17, 15) is 0 Å². The summed E-state index contributed by atoms with van der Waals surface area (Å²) in [7, 11) is 0. The van der Waals surface area contributed by atoms with Crippen LogP contribution in [-0.2, 0) is 4.74 Å². The predicted molar refractivity (Wildman–Crippen MR) is 93.8 cm³/mol. The second-order valence-corrected chi connectivity index (χ2v) is 6.59. The highest BCUT2D eigenvalue weighted by Gasteiger charge is 2.27. The van der Waals surface area contributed by atoms with E-state index in [1.807, 2.05) is 0 Å². The standard InChI is InChI=1S/C20H24N2O/c1-14-19(18-13-21-11-12-23-18)20(15-7-3-2-4-8-15)16-9-5-6-10-17(16)22-14/h2-3,5-6,9-10,15,18,21H,4,7-8,11-13H2,1H3. The van der Waals surface area contributed by atoms with Gasteiger partial charge in [-0.25, -0.2) is 0 Å². The Morgan fingerprint density at radius 3 is 2.87 bits per heavy atom. The van der Waals surface area contributed by atoms with E-state index in [4.69, 9.17) is 9.72 Å². The Labute approximate surface area is 137 Å². The molecule has 1 aliphatic carbocycles. The van der Waals surface area contributed by atoms with Crippen molar-refractivity contribution < 1.29 is 4.74 Å². The summed E-state index contributed by atoms with van der Waals surface area (Å²) in [6, 6.07) is 8.58. The Balaban J connectivity index is 1.91. The van der Waals surface area contributed by atoms with Gasteiger partial charge >= 0.3 is 0 Å². The SMILES string of the molecule is Cc1nc2ccccc2c(C2CC=CCC2)c1C1CNCCO1. The highest BCUT2D eigenvalue weighted by Crippen LogP contribution is 2.40. The lowest BCUT2D eigenvalue weighted by molar-refractivity contribution is 0.0264. The predicted octanol–water partition coefficient (Wildman–Crippen LogP) is 4.03. The first kappa shape index (κ1) is 14.9. The summed E-state index contributed by atoms with van der Waals surface area (Å²) in [6.07, 6.45) is 8.29. The van der Waals surface area contributed by atoms with Crippen LogP contribution in [0.25, 0.3) is 10.9 Å². The van der Waals surface area contributed by atoms with Crippen molar-refractivity contribution in [3.63, 3.8) is 0 Å².